The Balaban J connectivity index is 1.29. The molecule has 2 fully saturated rings. The van der Waals surface area contributed by atoms with E-state index in [1.807, 2.05) is 29.3 Å². The summed E-state index contributed by atoms with van der Waals surface area (Å²) >= 11 is 5.99. The van der Waals surface area contributed by atoms with Crippen molar-refractivity contribution in [1.82, 2.24) is 25.0 Å². The maximum atomic E-state index is 12.9. The van der Waals surface area contributed by atoms with Gasteiger partial charge < -0.3 is 20.0 Å². The van der Waals surface area contributed by atoms with E-state index in [2.05, 4.69) is 50.2 Å². The Labute approximate surface area is 195 Å². The zero-order chi connectivity index (χ0) is 22.3. The van der Waals surface area contributed by atoms with E-state index in [0.29, 0.717) is 6.54 Å². The van der Waals surface area contributed by atoms with Gasteiger partial charge in [0.2, 0.25) is 0 Å². The maximum absolute atomic E-state index is 12.9. The molecule has 0 atom stereocenters. The molecule has 32 heavy (non-hydrogen) atoms. The molecule has 0 spiro atoms. The second kappa shape index (κ2) is 11.0. The van der Waals surface area contributed by atoms with E-state index in [1.54, 1.807) is 0 Å². The number of pyridine rings is 1. The molecule has 0 aliphatic carbocycles. The van der Waals surface area contributed by atoms with Gasteiger partial charge in [-0.15, -0.1) is 0 Å². The van der Waals surface area contributed by atoms with Crippen molar-refractivity contribution in [3.05, 3.63) is 58.7 Å². The molecule has 1 aromatic heterocycles. The molecule has 4 rings (SSSR count). The number of benzene rings is 1. The van der Waals surface area contributed by atoms with Crippen LogP contribution in [0.25, 0.3) is 0 Å². The predicted octanol–water partition coefficient (Wildman–Crippen LogP) is 2.90. The smallest absolute Gasteiger partial charge is 0.317 e. The number of carbonyl (C=O) groups is 1. The third kappa shape index (κ3) is 6.12. The van der Waals surface area contributed by atoms with Crippen molar-refractivity contribution in [2.45, 2.75) is 19.5 Å². The number of piperazine rings is 1. The van der Waals surface area contributed by atoms with Crippen LogP contribution in [0.4, 0.5) is 10.6 Å². The number of likely N-dealkylation sites (N-methyl/N-ethyl adjacent to an activating group) is 1. The Bertz CT molecular complexity index is 884. The number of urea groups is 1. The van der Waals surface area contributed by atoms with E-state index in [-0.39, 0.29) is 6.03 Å². The summed E-state index contributed by atoms with van der Waals surface area (Å²) in [7, 11) is 2.15. The van der Waals surface area contributed by atoms with Gasteiger partial charge in [0.25, 0.3) is 0 Å². The Morgan fingerprint density at radius 1 is 1.00 bits per heavy atom. The van der Waals surface area contributed by atoms with Crippen LogP contribution >= 0.6 is 11.6 Å². The summed E-state index contributed by atoms with van der Waals surface area (Å²) in [5, 5.41) is 3.89. The van der Waals surface area contributed by atoms with Crippen molar-refractivity contribution < 1.29 is 4.79 Å². The summed E-state index contributed by atoms with van der Waals surface area (Å²) in [5.41, 5.74) is 2.32. The van der Waals surface area contributed by atoms with Crippen molar-refractivity contribution in [3.8, 4) is 0 Å². The summed E-state index contributed by atoms with van der Waals surface area (Å²) in [6.45, 7) is 8.74. The van der Waals surface area contributed by atoms with Gasteiger partial charge in [-0.1, -0.05) is 29.8 Å². The van der Waals surface area contributed by atoms with Crippen LogP contribution in [0.5, 0.6) is 0 Å². The molecule has 0 radical (unpaired) electrons. The number of nitrogens with one attached hydrogen (secondary N) is 1. The average Bonchev–Trinajstić information content (AvgIpc) is 3.05. The average molecular weight is 457 g/mol. The third-order valence-electron chi connectivity index (χ3n) is 6.30. The number of hydrogen-bond acceptors (Lipinski definition) is 5. The lowest BCUT2D eigenvalue weighted by Crippen LogP contribution is -2.45. The van der Waals surface area contributed by atoms with Gasteiger partial charge in [-0.3, -0.25) is 4.90 Å². The number of aromatic nitrogens is 1. The second-order valence-corrected chi connectivity index (χ2v) is 9.11. The predicted molar refractivity (Wildman–Crippen MR) is 129 cm³/mol. The summed E-state index contributed by atoms with van der Waals surface area (Å²) in [6, 6.07) is 12.0. The van der Waals surface area contributed by atoms with E-state index >= 15 is 0 Å². The molecule has 2 amide bonds. The number of rotatable bonds is 5. The molecule has 172 valence electrons. The lowest BCUT2D eigenvalue weighted by atomic mass is 10.2. The summed E-state index contributed by atoms with van der Waals surface area (Å²) in [5.74, 6) is 0.992. The number of nitrogens with zero attached hydrogens (tertiary/aromatic N) is 5. The fourth-order valence-corrected chi connectivity index (χ4v) is 4.46. The van der Waals surface area contributed by atoms with Gasteiger partial charge in [0.1, 0.15) is 5.82 Å². The lowest BCUT2D eigenvalue weighted by Gasteiger charge is -2.34. The minimum absolute atomic E-state index is 0.00604. The van der Waals surface area contributed by atoms with Gasteiger partial charge in [0, 0.05) is 82.2 Å². The van der Waals surface area contributed by atoms with Crippen LogP contribution in [0, 0.1) is 0 Å². The highest BCUT2D eigenvalue weighted by Gasteiger charge is 2.21. The third-order valence-corrected chi connectivity index (χ3v) is 6.55. The highest BCUT2D eigenvalue weighted by atomic mass is 35.5. The summed E-state index contributed by atoms with van der Waals surface area (Å²) in [6.07, 6.45) is 2.81. The van der Waals surface area contributed by atoms with Crippen molar-refractivity contribution in [1.29, 1.82) is 0 Å². The zero-order valence-corrected chi connectivity index (χ0v) is 19.6. The molecule has 1 N–H and O–H groups in total. The van der Waals surface area contributed by atoms with E-state index in [0.717, 1.165) is 81.7 Å². The van der Waals surface area contributed by atoms with Gasteiger partial charge in [-0.25, -0.2) is 9.78 Å². The van der Waals surface area contributed by atoms with Crippen molar-refractivity contribution in [3.63, 3.8) is 0 Å². The van der Waals surface area contributed by atoms with Gasteiger partial charge >= 0.3 is 6.03 Å². The Hall–Kier alpha value is -2.35. The molecule has 0 unspecified atom stereocenters. The Morgan fingerprint density at radius 3 is 2.56 bits per heavy atom. The number of halogens is 1. The number of anilines is 1. The first-order chi connectivity index (χ1) is 15.6. The van der Waals surface area contributed by atoms with Crippen molar-refractivity contribution in [2.24, 2.45) is 0 Å². The molecule has 1 aromatic carbocycles. The first-order valence-corrected chi connectivity index (χ1v) is 11.8. The van der Waals surface area contributed by atoms with Crippen molar-refractivity contribution in [2.75, 3.05) is 64.3 Å². The molecule has 3 heterocycles. The molecular formula is C24H33ClN6O. The van der Waals surface area contributed by atoms with E-state index in [9.17, 15) is 4.79 Å². The van der Waals surface area contributed by atoms with Crippen LogP contribution in [0.3, 0.4) is 0 Å². The van der Waals surface area contributed by atoms with Crippen LogP contribution in [0.1, 0.15) is 17.5 Å². The summed E-state index contributed by atoms with van der Waals surface area (Å²) in [4.78, 5) is 26.5. The van der Waals surface area contributed by atoms with E-state index in [1.165, 1.54) is 5.56 Å². The minimum Gasteiger partial charge on any atom is -0.354 e. The monoisotopic (exact) mass is 456 g/mol. The fraction of sp³-hybridized carbons (Fsp3) is 0.500. The molecular weight excluding hydrogens is 424 g/mol. The Morgan fingerprint density at radius 2 is 1.78 bits per heavy atom. The first kappa shape index (κ1) is 22.8. The zero-order valence-electron chi connectivity index (χ0n) is 18.8. The number of carbonyl (C=O) groups excluding carboxylic acids is 1. The van der Waals surface area contributed by atoms with E-state index in [4.69, 9.17) is 11.6 Å². The van der Waals surface area contributed by atoms with Crippen LogP contribution in [0.2, 0.25) is 5.02 Å². The van der Waals surface area contributed by atoms with Crippen molar-refractivity contribution >= 4 is 23.4 Å². The van der Waals surface area contributed by atoms with Crippen LogP contribution in [-0.4, -0.2) is 85.1 Å². The molecule has 0 saturated carbocycles. The number of amides is 2. The first-order valence-electron chi connectivity index (χ1n) is 11.5. The normalized spacial score (nSPS) is 18.4. The van der Waals surface area contributed by atoms with Gasteiger partial charge in [-0.2, -0.15) is 0 Å². The second-order valence-electron chi connectivity index (χ2n) is 8.68. The molecule has 0 bridgehead atoms. The molecule has 8 heteroatoms. The molecule has 2 aliphatic heterocycles. The highest BCUT2D eigenvalue weighted by molar-refractivity contribution is 6.30. The topological polar surface area (TPSA) is 55.0 Å². The Kier molecular flexibility index (Phi) is 7.84. The lowest BCUT2D eigenvalue weighted by molar-refractivity contribution is 0.197. The maximum Gasteiger partial charge on any atom is 0.317 e. The van der Waals surface area contributed by atoms with E-state index < -0.39 is 0 Å². The van der Waals surface area contributed by atoms with Gasteiger partial charge in [0.15, 0.2) is 0 Å². The highest BCUT2D eigenvalue weighted by Crippen LogP contribution is 2.19. The molecule has 2 saturated heterocycles. The van der Waals surface area contributed by atoms with Gasteiger partial charge in [0.05, 0.1) is 0 Å². The van der Waals surface area contributed by atoms with Gasteiger partial charge in [-0.05, 0) is 37.2 Å². The van der Waals surface area contributed by atoms with Crippen LogP contribution in [0.15, 0.2) is 42.6 Å². The fourth-order valence-electron chi connectivity index (χ4n) is 4.33. The number of hydrogen-bond donors (Lipinski definition) is 1. The SMILES string of the molecule is CN1CCN(c2ncccc2CNC(=O)N2CCCN(Cc3ccc(Cl)cc3)CC2)CC1. The largest absolute Gasteiger partial charge is 0.354 e. The minimum atomic E-state index is 0.00604. The molecule has 2 aromatic rings. The van der Waals surface area contributed by atoms with Crippen LogP contribution < -0.4 is 10.2 Å². The molecule has 7 nitrogen and oxygen atoms in total. The molecule has 2 aliphatic rings. The quantitative estimate of drug-likeness (QED) is 0.749. The standard InChI is InChI=1S/C24H33ClN6O/c1-28-12-15-30(16-13-28)23-21(4-2-9-26-23)18-27-24(32)31-11-3-10-29(14-17-31)19-20-5-7-22(25)8-6-20/h2,4-9H,3,10-19H2,1H3,(H,27,32). The van der Waals surface area contributed by atoms with Crippen LogP contribution in [-0.2, 0) is 13.1 Å². The summed E-state index contributed by atoms with van der Waals surface area (Å²) < 4.78 is 0.